The lowest BCUT2D eigenvalue weighted by Crippen LogP contribution is -1.99. The number of anilines is 1. The van der Waals surface area contributed by atoms with Crippen molar-refractivity contribution in [3.8, 4) is 0 Å². The van der Waals surface area contributed by atoms with Gasteiger partial charge < -0.3 is 10.2 Å². The molecule has 3 aromatic rings. The fourth-order valence-corrected chi connectivity index (χ4v) is 3.70. The van der Waals surface area contributed by atoms with Gasteiger partial charge in [0, 0.05) is 16.3 Å². The second-order valence-electron chi connectivity index (χ2n) is 4.68. The highest BCUT2D eigenvalue weighted by Crippen LogP contribution is 2.43. The van der Waals surface area contributed by atoms with Crippen LogP contribution in [0.2, 0.25) is 0 Å². The van der Waals surface area contributed by atoms with Crippen LogP contribution in [-0.2, 0) is 0 Å². The lowest BCUT2D eigenvalue weighted by molar-refractivity contribution is 0.515. The Morgan fingerprint density at radius 3 is 3.05 bits per heavy atom. The smallest absolute Gasteiger partial charge is 0.203 e. The monoisotopic (exact) mass is 268 g/mol. The van der Waals surface area contributed by atoms with E-state index in [1.807, 2.05) is 30.0 Å². The fourth-order valence-electron chi connectivity index (χ4n) is 2.48. The molecular weight excluding hydrogens is 256 g/mol. The Kier molecular flexibility index (Phi) is 2.32. The van der Waals surface area contributed by atoms with E-state index in [1.54, 1.807) is 0 Å². The molecular formula is C15H12N2OS. The van der Waals surface area contributed by atoms with Gasteiger partial charge >= 0.3 is 0 Å². The second kappa shape index (κ2) is 4.03. The first-order valence-corrected chi connectivity index (χ1v) is 7.17. The van der Waals surface area contributed by atoms with Crippen LogP contribution in [0.25, 0.3) is 11.1 Å². The molecule has 0 fully saturated rings. The Morgan fingerprint density at radius 2 is 2.11 bits per heavy atom. The van der Waals surface area contributed by atoms with Crippen molar-refractivity contribution in [3.05, 3.63) is 53.9 Å². The minimum atomic E-state index is 0.245. The molecule has 3 nitrogen and oxygen atoms in total. The highest BCUT2D eigenvalue weighted by Gasteiger charge is 2.28. The number of fused-ring (bicyclic) bond motifs is 2. The minimum absolute atomic E-state index is 0.245. The molecule has 4 rings (SSSR count). The predicted octanol–water partition coefficient (Wildman–Crippen LogP) is 3.65. The number of hydrogen-bond donors (Lipinski definition) is 1. The summed E-state index contributed by atoms with van der Waals surface area (Å²) in [4.78, 5) is 5.92. The van der Waals surface area contributed by atoms with Crippen LogP contribution in [-0.4, -0.2) is 10.7 Å². The largest absolute Gasteiger partial charge is 0.440 e. The first-order chi connectivity index (χ1) is 9.31. The first kappa shape index (κ1) is 10.9. The van der Waals surface area contributed by atoms with Gasteiger partial charge in [-0.15, -0.1) is 11.8 Å². The standard InChI is InChI=1S/C15H12N2OS/c16-9-5-6-13-12(7-9)17-15(18-13)11-8-19-14-4-2-1-3-10(11)14/h1-7,11H,8,16H2. The summed E-state index contributed by atoms with van der Waals surface area (Å²) in [7, 11) is 0. The molecule has 0 amide bonds. The van der Waals surface area contributed by atoms with E-state index in [1.165, 1.54) is 10.5 Å². The number of hydrogen-bond acceptors (Lipinski definition) is 4. The zero-order chi connectivity index (χ0) is 12.8. The zero-order valence-electron chi connectivity index (χ0n) is 10.2. The highest BCUT2D eigenvalue weighted by atomic mass is 32.2. The van der Waals surface area contributed by atoms with Crippen molar-refractivity contribution < 1.29 is 4.42 Å². The quantitative estimate of drug-likeness (QED) is 0.684. The summed E-state index contributed by atoms with van der Waals surface area (Å²) in [6, 6.07) is 14.0. The third-order valence-corrected chi connectivity index (χ3v) is 4.61. The topological polar surface area (TPSA) is 52.0 Å². The van der Waals surface area contributed by atoms with E-state index in [9.17, 15) is 0 Å². The van der Waals surface area contributed by atoms with Gasteiger partial charge in [-0.3, -0.25) is 0 Å². The summed E-state index contributed by atoms with van der Waals surface area (Å²) in [6.07, 6.45) is 0. The summed E-state index contributed by atoms with van der Waals surface area (Å²) in [5, 5.41) is 0. The third-order valence-electron chi connectivity index (χ3n) is 3.43. The van der Waals surface area contributed by atoms with Crippen LogP contribution in [0, 0.1) is 0 Å². The van der Waals surface area contributed by atoms with Crippen LogP contribution >= 0.6 is 11.8 Å². The molecule has 0 spiro atoms. The Hall–Kier alpha value is -1.94. The molecule has 0 bridgehead atoms. The average Bonchev–Trinajstić information content (AvgIpc) is 3.00. The van der Waals surface area contributed by atoms with E-state index < -0.39 is 0 Å². The average molecular weight is 268 g/mol. The Balaban J connectivity index is 1.83. The lowest BCUT2D eigenvalue weighted by Gasteiger charge is -2.04. The molecule has 19 heavy (non-hydrogen) atoms. The molecule has 1 aliphatic rings. The third kappa shape index (κ3) is 1.71. The molecule has 94 valence electrons. The normalized spacial score (nSPS) is 17.8. The molecule has 0 radical (unpaired) electrons. The number of nitrogens with zero attached hydrogens (tertiary/aromatic N) is 1. The van der Waals surface area contributed by atoms with Gasteiger partial charge in [-0.1, -0.05) is 18.2 Å². The number of oxazole rings is 1. The van der Waals surface area contributed by atoms with Gasteiger partial charge in [-0.05, 0) is 29.8 Å². The summed E-state index contributed by atoms with van der Waals surface area (Å²) < 4.78 is 5.88. The van der Waals surface area contributed by atoms with Gasteiger partial charge in [-0.25, -0.2) is 4.98 Å². The molecule has 1 atom stereocenters. The first-order valence-electron chi connectivity index (χ1n) is 6.19. The van der Waals surface area contributed by atoms with Crippen LogP contribution in [0.4, 0.5) is 5.69 Å². The number of nitrogen functional groups attached to an aromatic ring is 1. The van der Waals surface area contributed by atoms with E-state index in [0.29, 0.717) is 5.69 Å². The van der Waals surface area contributed by atoms with Gasteiger partial charge in [0.2, 0.25) is 5.89 Å². The van der Waals surface area contributed by atoms with E-state index in [-0.39, 0.29) is 5.92 Å². The number of benzene rings is 2. The summed E-state index contributed by atoms with van der Waals surface area (Å²) >= 11 is 1.86. The van der Waals surface area contributed by atoms with Crippen LogP contribution in [0.1, 0.15) is 17.4 Å². The van der Waals surface area contributed by atoms with Crippen LogP contribution < -0.4 is 5.73 Å². The summed E-state index contributed by atoms with van der Waals surface area (Å²) in [6.45, 7) is 0. The van der Waals surface area contributed by atoms with Crippen LogP contribution in [0.3, 0.4) is 0 Å². The van der Waals surface area contributed by atoms with Crippen LogP contribution in [0.5, 0.6) is 0 Å². The number of thioether (sulfide) groups is 1. The van der Waals surface area contributed by atoms with Crippen molar-refractivity contribution in [2.24, 2.45) is 0 Å². The molecule has 2 N–H and O–H groups in total. The lowest BCUT2D eigenvalue weighted by atomic mass is 10.0. The summed E-state index contributed by atoms with van der Waals surface area (Å²) in [5.74, 6) is 2.02. The van der Waals surface area contributed by atoms with Gasteiger partial charge in [0.1, 0.15) is 5.52 Å². The van der Waals surface area contributed by atoms with Crippen molar-refractivity contribution in [2.75, 3.05) is 11.5 Å². The molecule has 1 aromatic heterocycles. The maximum atomic E-state index is 5.88. The van der Waals surface area contributed by atoms with Crippen molar-refractivity contribution in [1.29, 1.82) is 0 Å². The minimum Gasteiger partial charge on any atom is -0.440 e. The van der Waals surface area contributed by atoms with Gasteiger partial charge in [0.05, 0.1) is 5.92 Å². The Labute approximate surface area is 114 Å². The number of rotatable bonds is 1. The molecule has 4 heteroatoms. The van der Waals surface area contributed by atoms with Crippen molar-refractivity contribution >= 4 is 28.5 Å². The maximum absolute atomic E-state index is 5.88. The zero-order valence-corrected chi connectivity index (χ0v) is 11.0. The molecule has 0 saturated carbocycles. The second-order valence-corrected chi connectivity index (χ2v) is 5.74. The molecule has 2 heterocycles. The van der Waals surface area contributed by atoms with Crippen molar-refractivity contribution in [3.63, 3.8) is 0 Å². The summed E-state index contributed by atoms with van der Waals surface area (Å²) in [5.41, 5.74) is 9.45. The SMILES string of the molecule is Nc1ccc2oc(C3CSc4ccccc43)nc2c1. The fraction of sp³-hybridized carbons (Fsp3) is 0.133. The number of aromatic nitrogens is 1. The Morgan fingerprint density at radius 1 is 1.21 bits per heavy atom. The number of nitrogens with two attached hydrogens (primary N) is 1. The molecule has 2 aromatic carbocycles. The molecule has 0 saturated heterocycles. The molecule has 0 aliphatic carbocycles. The van der Waals surface area contributed by atoms with E-state index in [2.05, 4.69) is 29.2 Å². The van der Waals surface area contributed by atoms with E-state index in [0.717, 1.165) is 22.7 Å². The van der Waals surface area contributed by atoms with Gasteiger partial charge in [-0.2, -0.15) is 0 Å². The van der Waals surface area contributed by atoms with E-state index >= 15 is 0 Å². The maximum Gasteiger partial charge on any atom is 0.203 e. The Bertz CT molecular complexity index is 766. The van der Waals surface area contributed by atoms with Crippen LogP contribution in [0.15, 0.2) is 51.8 Å². The van der Waals surface area contributed by atoms with Gasteiger partial charge in [0.25, 0.3) is 0 Å². The molecule has 1 unspecified atom stereocenters. The predicted molar refractivity (Wildman–Crippen MR) is 77.4 cm³/mol. The molecule has 1 aliphatic heterocycles. The highest BCUT2D eigenvalue weighted by molar-refractivity contribution is 7.99. The van der Waals surface area contributed by atoms with E-state index in [4.69, 9.17) is 10.2 Å². The van der Waals surface area contributed by atoms with Crippen molar-refractivity contribution in [2.45, 2.75) is 10.8 Å². The van der Waals surface area contributed by atoms with Crippen molar-refractivity contribution in [1.82, 2.24) is 4.98 Å². The van der Waals surface area contributed by atoms with Gasteiger partial charge in [0.15, 0.2) is 5.58 Å².